The van der Waals surface area contributed by atoms with Gasteiger partial charge in [-0.1, -0.05) is 6.07 Å². The maximum atomic E-state index is 13.5. The number of guanidine groups is 1. The van der Waals surface area contributed by atoms with Crippen LogP contribution in [0.3, 0.4) is 0 Å². The van der Waals surface area contributed by atoms with E-state index in [1.54, 1.807) is 14.1 Å². The summed E-state index contributed by atoms with van der Waals surface area (Å²) >= 11 is 0. The van der Waals surface area contributed by atoms with Crippen LogP contribution < -0.4 is 10.6 Å². The fourth-order valence-corrected chi connectivity index (χ4v) is 2.53. The molecule has 1 aliphatic rings. The van der Waals surface area contributed by atoms with Gasteiger partial charge in [0.25, 0.3) is 0 Å². The SMILES string of the molecule is CC(NC(=NCC(=O)N(C)C)NCC1CCCO1)c1ccc(F)c(F)c1.I. The first-order valence-corrected chi connectivity index (χ1v) is 8.68. The third kappa shape index (κ3) is 7.57. The van der Waals surface area contributed by atoms with E-state index in [1.807, 2.05) is 6.92 Å². The molecular formula is C18H27F2IN4O2. The molecule has 2 atom stereocenters. The number of nitrogens with one attached hydrogen (secondary N) is 2. The van der Waals surface area contributed by atoms with E-state index >= 15 is 0 Å². The van der Waals surface area contributed by atoms with E-state index in [0.29, 0.717) is 18.1 Å². The van der Waals surface area contributed by atoms with Gasteiger partial charge in [-0.05, 0) is 37.5 Å². The standard InChI is InChI=1S/C18H26F2N4O2.HI/c1-12(13-6-7-15(19)16(20)9-13)23-18(22-11-17(25)24(2)3)21-10-14-5-4-8-26-14;/h6-7,9,12,14H,4-5,8,10-11H2,1-3H3,(H2,21,22,23);1H. The van der Waals surface area contributed by atoms with Crippen molar-refractivity contribution in [1.82, 2.24) is 15.5 Å². The first-order chi connectivity index (χ1) is 12.4. The highest BCUT2D eigenvalue weighted by Gasteiger charge is 2.17. The van der Waals surface area contributed by atoms with E-state index < -0.39 is 11.6 Å². The normalized spacial score (nSPS) is 17.8. The highest BCUT2D eigenvalue weighted by Crippen LogP contribution is 2.16. The number of rotatable bonds is 6. The number of halogens is 3. The number of amides is 1. The van der Waals surface area contributed by atoms with E-state index in [0.717, 1.165) is 31.6 Å². The summed E-state index contributed by atoms with van der Waals surface area (Å²) in [6.07, 6.45) is 2.09. The molecule has 0 bridgehead atoms. The number of benzene rings is 1. The molecule has 0 saturated carbocycles. The summed E-state index contributed by atoms with van der Waals surface area (Å²) < 4.78 is 32.1. The van der Waals surface area contributed by atoms with Gasteiger partial charge in [-0.15, -0.1) is 24.0 Å². The molecule has 1 aromatic carbocycles. The molecule has 0 aliphatic carbocycles. The first-order valence-electron chi connectivity index (χ1n) is 8.68. The lowest BCUT2D eigenvalue weighted by molar-refractivity contribution is -0.127. The van der Waals surface area contributed by atoms with Gasteiger partial charge in [0, 0.05) is 27.2 Å². The van der Waals surface area contributed by atoms with Crippen LogP contribution in [0.5, 0.6) is 0 Å². The summed E-state index contributed by atoms with van der Waals surface area (Å²) in [5.41, 5.74) is 0.578. The van der Waals surface area contributed by atoms with Gasteiger partial charge in [0.15, 0.2) is 17.6 Å². The summed E-state index contributed by atoms with van der Waals surface area (Å²) in [6.45, 7) is 3.10. The highest BCUT2D eigenvalue weighted by molar-refractivity contribution is 14.0. The van der Waals surface area contributed by atoms with Crippen molar-refractivity contribution in [3.8, 4) is 0 Å². The number of ether oxygens (including phenoxy) is 1. The lowest BCUT2D eigenvalue weighted by Gasteiger charge is -2.20. The molecule has 2 N–H and O–H groups in total. The molecule has 1 aliphatic heterocycles. The minimum atomic E-state index is -0.898. The Labute approximate surface area is 175 Å². The van der Waals surface area contributed by atoms with Gasteiger partial charge in [0.1, 0.15) is 6.54 Å². The molecule has 9 heteroatoms. The van der Waals surface area contributed by atoms with Crippen molar-refractivity contribution in [3.05, 3.63) is 35.4 Å². The van der Waals surface area contributed by atoms with Crippen LogP contribution in [-0.2, 0) is 9.53 Å². The van der Waals surface area contributed by atoms with Crippen molar-refractivity contribution in [2.75, 3.05) is 33.8 Å². The van der Waals surface area contributed by atoms with Gasteiger partial charge in [-0.25, -0.2) is 13.8 Å². The average Bonchev–Trinajstić information content (AvgIpc) is 3.12. The van der Waals surface area contributed by atoms with E-state index in [9.17, 15) is 13.6 Å². The molecule has 27 heavy (non-hydrogen) atoms. The maximum Gasteiger partial charge on any atom is 0.243 e. The Bertz CT molecular complexity index is 652. The third-order valence-corrected chi connectivity index (χ3v) is 4.19. The monoisotopic (exact) mass is 496 g/mol. The Kier molecular flexibility index (Phi) is 9.92. The fraction of sp³-hybridized carbons (Fsp3) is 0.556. The van der Waals surface area contributed by atoms with Gasteiger partial charge >= 0.3 is 0 Å². The van der Waals surface area contributed by atoms with Gasteiger partial charge in [-0.2, -0.15) is 0 Å². The zero-order chi connectivity index (χ0) is 19.1. The second-order valence-corrected chi connectivity index (χ2v) is 6.51. The smallest absolute Gasteiger partial charge is 0.243 e. The second kappa shape index (κ2) is 11.4. The molecule has 0 spiro atoms. The van der Waals surface area contributed by atoms with Crippen LogP contribution in [0.1, 0.15) is 31.4 Å². The molecule has 1 aromatic rings. The number of carbonyl (C=O) groups is 1. The van der Waals surface area contributed by atoms with Crippen molar-refractivity contribution >= 4 is 35.8 Å². The van der Waals surface area contributed by atoms with Crippen molar-refractivity contribution in [2.45, 2.75) is 31.9 Å². The van der Waals surface area contributed by atoms with Crippen LogP contribution in [-0.4, -0.2) is 56.7 Å². The van der Waals surface area contributed by atoms with Crippen LogP contribution >= 0.6 is 24.0 Å². The fourth-order valence-electron chi connectivity index (χ4n) is 2.53. The van der Waals surface area contributed by atoms with Crippen molar-refractivity contribution in [3.63, 3.8) is 0 Å². The quantitative estimate of drug-likeness (QED) is 0.361. The Hall–Kier alpha value is -1.49. The molecule has 6 nitrogen and oxygen atoms in total. The lowest BCUT2D eigenvalue weighted by atomic mass is 10.1. The first kappa shape index (κ1) is 23.5. The molecule has 0 radical (unpaired) electrons. The van der Waals surface area contributed by atoms with Gasteiger partial charge < -0.3 is 20.3 Å². The Morgan fingerprint density at radius 3 is 2.70 bits per heavy atom. The average molecular weight is 496 g/mol. The summed E-state index contributed by atoms with van der Waals surface area (Å²) in [4.78, 5) is 17.5. The van der Waals surface area contributed by atoms with E-state index in [4.69, 9.17) is 4.74 Å². The largest absolute Gasteiger partial charge is 0.376 e. The number of hydrogen-bond donors (Lipinski definition) is 2. The molecule has 1 amide bonds. The molecule has 1 saturated heterocycles. The van der Waals surface area contributed by atoms with Crippen LogP contribution in [0.25, 0.3) is 0 Å². The Balaban J connectivity index is 0.00000364. The zero-order valence-corrected chi connectivity index (χ0v) is 18.1. The number of hydrogen-bond acceptors (Lipinski definition) is 3. The van der Waals surface area contributed by atoms with Gasteiger partial charge in [-0.3, -0.25) is 4.79 Å². The molecule has 2 unspecified atom stereocenters. The minimum absolute atomic E-state index is 0. The molecule has 152 valence electrons. The zero-order valence-electron chi connectivity index (χ0n) is 15.8. The maximum absolute atomic E-state index is 13.5. The predicted molar refractivity (Wildman–Crippen MR) is 111 cm³/mol. The molecule has 2 rings (SSSR count). The summed E-state index contributed by atoms with van der Waals surface area (Å²) in [6, 6.07) is 3.43. The van der Waals surface area contributed by atoms with Crippen molar-refractivity contribution in [2.24, 2.45) is 4.99 Å². The predicted octanol–water partition coefficient (Wildman–Crippen LogP) is 2.45. The topological polar surface area (TPSA) is 66.0 Å². The van der Waals surface area contributed by atoms with Gasteiger partial charge in [0.2, 0.25) is 5.91 Å². The third-order valence-electron chi connectivity index (χ3n) is 4.19. The second-order valence-electron chi connectivity index (χ2n) is 6.51. The molecule has 1 heterocycles. The molecule has 1 fully saturated rings. The molecular weight excluding hydrogens is 469 g/mol. The van der Waals surface area contributed by atoms with E-state index in [2.05, 4.69) is 15.6 Å². The highest BCUT2D eigenvalue weighted by atomic mass is 127. The van der Waals surface area contributed by atoms with Crippen LogP contribution in [0.4, 0.5) is 8.78 Å². The van der Waals surface area contributed by atoms with E-state index in [-0.39, 0.29) is 48.6 Å². The van der Waals surface area contributed by atoms with Crippen molar-refractivity contribution < 1.29 is 18.3 Å². The minimum Gasteiger partial charge on any atom is -0.376 e. The summed E-state index contributed by atoms with van der Waals surface area (Å²) in [5, 5.41) is 6.28. The number of aliphatic imine (C=N–C) groups is 1. The molecule has 0 aromatic heterocycles. The number of nitrogens with zero attached hydrogens (tertiary/aromatic N) is 2. The van der Waals surface area contributed by atoms with Crippen molar-refractivity contribution in [1.29, 1.82) is 0 Å². The Morgan fingerprint density at radius 1 is 1.37 bits per heavy atom. The number of carbonyl (C=O) groups excluding carboxylic acids is 1. The summed E-state index contributed by atoms with van der Waals surface area (Å²) in [5.74, 6) is -1.50. The van der Waals surface area contributed by atoms with Crippen LogP contribution in [0.2, 0.25) is 0 Å². The lowest BCUT2D eigenvalue weighted by Crippen LogP contribution is -2.42. The van der Waals surface area contributed by atoms with Crippen LogP contribution in [0, 0.1) is 11.6 Å². The van der Waals surface area contributed by atoms with Gasteiger partial charge in [0.05, 0.1) is 12.1 Å². The Morgan fingerprint density at radius 2 is 2.11 bits per heavy atom. The summed E-state index contributed by atoms with van der Waals surface area (Å²) in [7, 11) is 3.32. The number of likely N-dealkylation sites (N-methyl/N-ethyl adjacent to an activating group) is 1. The van der Waals surface area contributed by atoms with E-state index in [1.165, 1.54) is 11.0 Å². The van der Waals surface area contributed by atoms with Crippen LogP contribution in [0.15, 0.2) is 23.2 Å².